The Bertz CT molecular complexity index is 1160. The Morgan fingerprint density at radius 1 is 1.03 bits per heavy atom. The van der Waals surface area contributed by atoms with Crippen molar-refractivity contribution in [3.63, 3.8) is 0 Å². The number of halogens is 3. The summed E-state index contributed by atoms with van der Waals surface area (Å²) in [6.07, 6.45) is 1.89. The lowest BCUT2D eigenvalue weighted by atomic mass is 10.0. The third-order valence-corrected chi connectivity index (χ3v) is 6.16. The molecular weight excluding hydrogens is 485 g/mol. The zero-order valence-corrected chi connectivity index (χ0v) is 19.3. The van der Waals surface area contributed by atoms with Crippen LogP contribution in [-0.2, 0) is 11.4 Å². The van der Waals surface area contributed by atoms with Gasteiger partial charge in [0.15, 0.2) is 0 Å². The monoisotopic (exact) mass is 501 g/mol. The predicted molar refractivity (Wildman–Crippen MR) is 127 cm³/mol. The summed E-state index contributed by atoms with van der Waals surface area (Å²) in [4.78, 5) is 14.8. The average molecular weight is 503 g/mol. The summed E-state index contributed by atoms with van der Waals surface area (Å²) in [5.74, 6) is 0.672. The first kappa shape index (κ1) is 21.0. The molecule has 0 fully saturated rings. The van der Waals surface area contributed by atoms with Gasteiger partial charge < -0.3 is 9.64 Å². The fraction of sp³-hybridized carbons (Fsp3) is 0.125. The van der Waals surface area contributed by atoms with Gasteiger partial charge in [-0.1, -0.05) is 63.4 Å². The van der Waals surface area contributed by atoms with E-state index < -0.39 is 0 Å². The van der Waals surface area contributed by atoms with E-state index in [0.717, 1.165) is 26.9 Å². The molecule has 6 heteroatoms. The van der Waals surface area contributed by atoms with Gasteiger partial charge in [0.25, 0.3) is 5.91 Å². The normalized spacial score (nSPS) is 14.3. The molecule has 1 amide bonds. The number of hydrogen-bond acceptors (Lipinski definition) is 2. The molecule has 1 aliphatic heterocycles. The van der Waals surface area contributed by atoms with Gasteiger partial charge in [0.1, 0.15) is 12.4 Å². The first-order chi connectivity index (χ1) is 14.5. The van der Waals surface area contributed by atoms with E-state index in [0.29, 0.717) is 34.5 Å². The second kappa shape index (κ2) is 8.84. The fourth-order valence-electron chi connectivity index (χ4n) is 3.47. The summed E-state index contributed by atoms with van der Waals surface area (Å²) in [7, 11) is 0. The number of hydrogen-bond donors (Lipinski definition) is 0. The van der Waals surface area contributed by atoms with Crippen molar-refractivity contribution < 1.29 is 9.53 Å². The molecule has 1 aliphatic rings. The summed E-state index contributed by atoms with van der Waals surface area (Å²) < 4.78 is 6.97. The highest BCUT2D eigenvalue weighted by atomic mass is 79.9. The van der Waals surface area contributed by atoms with Gasteiger partial charge >= 0.3 is 0 Å². The number of amides is 1. The van der Waals surface area contributed by atoms with Gasteiger partial charge in [-0.05, 0) is 55.0 Å². The topological polar surface area (TPSA) is 29.5 Å². The van der Waals surface area contributed by atoms with Crippen LogP contribution in [0.5, 0.6) is 5.75 Å². The Kier molecular flexibility index (Phi) is 6.19. The van der Waals surface area contributed by atoms with Crippen LogP contribution in [0, 0.1) is 0 Å². The number of likely N-dealkylation sites (N-methyl/N-ethyl adjacent to an activating group) is 1. The van der Waals surface area contributed by atoms with Gasteiger partial charge in [-0.2, -0.15) is 0 Å². The molecular formula is C24H18BrCl2NO2. The summed E-state index contributed by atoms with van der Waals surface area (Å²) in [5, 5.41) is 0.997. The van der Waals surface area contributed by atoms with E-state index >= 15 is 0 Å². The molecule has 0 saturated heterocycles. The molecule has 0 aliphatic carbocycles. The number of benzene rings is 3. The fourth-order valence-corrected chi connectivity index (χ4v) is 4.17. The second-order valence-electron chi connectivity index (χ2n) is 6.84. The van der Waals surface area contributed by atoms with Crippen LogP contribution < -0.4 is 9.64 Å². The third kappa shape index (κ3) is 4.13. The highest BCUT2D eigenvalue weighted by Gasteiger charge is 2.31. The summed E-state index contributed by atoms with van der Waals surface area (Å²) in [6.45, 7) is 2.93. The van der Waals surface area contributed by atoms with Gasteiger partial charge in [0.05, 0.1) is 15.7 Å². The number of rotatable bonds is 5. The highest BCUT2D eigenvalue weighted by Crippen LogP contribution is 2.39. The summed E-state index contributed by atoms with van der Waals surface area (Å²) >= 11 is 15.6. The second-order valence-corrected chi connectivity index (χ2v) is 8.57. The van der Waals surface area contributed by atoms with E-state index in [1.165, 1.54) is 0 Å². The van der Waals surface area contributed by atoms with E-state index in [4.69, 9.17) is 27.9 Å². The van der Waals surface area contributed by atoms with E-state index in [9.17, 15) is 4.79 Å². The number of fused-ring (bicyclic) bond motifs is 1. The van der Waals surface area contributed by atoms with E-state index in [2.05, 4.69) is 15.9 Å². The maximum absolute atomic E-state index is 13.0. The Hall–Kier alpha value is -2.27. The summed E-state index contributed by atoms with van der Waals surface area (Å²) in [5.41, 5.74) is 4.25. The van der Waals surface area contributed by atoms with Crippen molar-refractivity contribution in [1.29, 1.82) is 0 Å². The van der Waals surface area contributed by atoms with Crippen LogP contribution in [0.3, 0.4) is 0 Å². The molecule has 0 saturated carbocycles. The van der Waals surface area contributed by atoms with Crippen LogP contribution in [0.4, 0.5) is 5.69 Å². The van der Waals surface area contributed by atoms with Crippen molar-refractivity contribution in [2.24, 2.45) is 0 Å². The molecule has 0 aromatic heterocycles. The average Bonchev–Trinajstić information content (AvgIpc) is 3.01. The Labute approximate surface area is 194 Å². The van der Waals surface area contributed by atoms with Crippen LogP contribution in [-0.4, -0.2) is 12.5 Å². The lowest BCUT2D eigenvalue weighted by Crippen LogP contribution is -2.25. The van der Waals surface area contributed by atoms with Crippen LogP contribution in [0.1, 0.15) is 23.6 Å². The number of carbonyl (C=O) groups excluding carboxylic acids is 1. The first-order valence-corrected chi connectivity index (χ1v) is 11.0. The quantitative estimate of drug-likeness (QED) is 0.344. The van der Waals surface area contributed by atoms with Crippen molar-refractivity contribution in [2.45, 2.75) is 13.5 Å². The largest absolute Gasteiger partial charge is 0.488 e. The SMILES string of the molecule is CCN1C(=O)/C(=C\c2cc(Br)ccc2OCc2ccc(Cl)c(Cl)c2)c2ccccc21. The molecule has 152 valence electrons. The summed E-state index contributed by atoms with van der Waals surface area (Å²) in [6, 6.07) is 19.0. The van der Waals surface area contributed by atoms with E-state index in [1.807, 2.05) is 61.5 Å². The maximum atomic E-state index is 13.0. The van der Waals surface area contributed by atoms with Crippen LogP contribution >= 0.6 is 39.1 Å². The molecule has 3 aromatic carbocycles. The molecule has 30 heavy (non-hydrogen) atoms. The van der Waals surface area contributed by atoms with Gasteiger partial charge in [-0.25, -0.2) is 0 Å². The molecule has 0 spiro atoms. The number of para-hydroxylation sites is 1. The molecule has 0 atom stereocenters. The molecule has 3 aromatic rings. The molecule has 4 rings (SSSR count). The number of nitrogens with zero attached hydrogens (tertiary/aromatic N) is 1. The number of carbonyl (C=O) groups is 1. The van der Waals surface area contributed by atoms with Gasteiger partial charge in [-0.3, -0.25) is 4.79 Å². The Morgan fingerprint density at radius 2 is 1.83 bits per heavy atom. The third-order valence-electron chi connectivity index (χ3n) is 4.93. The minimum atomic E-state index is -0.00546. The highest BCUT2D eigenvalue weighted by molar-refractivity contribution is 9.10. The van der Waals surface area contributed by atoms with Gasteiger partial charge in [-0.15, -0.1) is 0 Å². The van der Waals surface area contributed by atoms with Crippen LogP contribution in [0.2, 0.25) is 10.0 Å². The molecule has 1 heterocycles. The molecule has 0 bridgehead atoms. The predicted octanol–water partition coefficient (Wildman–Crippen LogP) is 7.24. The van der Waals surface area contributed by atoms with Gasteiger partial charge in [0, 0.05) is 27.7 Å². The first-order valence-electron chi connectivity index (χ1n) is 9.47. The lowest BCUT2D eigenvalue weighted by molar-refractivity contribution is -0.112. The molecule has 0 N–H and O–H groups in total. The molecule has 3 nitrogen and oxygen atoms in total. The van der Waals surface area contributed by atoms with Crippen molar-refractivity contribution in [3.05, 3.63) is 91.9 Å². The van der Waals surface area contributed by atoms with Crippen LogP contribution in [0.25, 0.3) is 11.6 Å². The maximum Gasteiger partial charge on any atom is 0.258 e. The van der Waals surface area contributed by atoms with Crippen LogP contribution in [0.15, 0.2) is 65.1 Å². The minimum absolute atomic E-state index is 0.00546. The van der Waals surface area contributed by atoms with Crippen molar-refractivity contribution in [1.82, 2.24) is 0 Å². The van der Waals surface area contributed by atoms with E-state index in [1.54, 1.807) is 17.0 Å². The lowest BCUT2D eigenvalue weighted by Gasteiger charge is -2.13. The Balaban J connectivity index is 1.69. The number of ether oxygens (including phenoxy) is 1. The zero-order chi connectivity index (χ0) is 21.3. The molecule has 0 radical (unpaired) electrons. The van der Waals surface area contributed by atoms with Crippen molar-refractivity contribution in [2.75, 3.05) is 11.4 Å². The molecule has 0 unspecified atom stereocenters. The van der Waals surface area contributed by atoms with Gasteiger partial charge in [0.2, 0.25) is 0 Å². The number of anilines is 1. The minimum Gasteiger partial charge on any atom is -0.488 e. The standard InChI is InChI=1S/C24H18BrCl2NO2/c1-2-28-22-6-4-3-5-18(22)19(24(28)29)13-16-12-17(25)8-10-23(16)30-14-15-7-9-20(26)21(27)11-15/h3-13H,2,14H2,1H3/b19-13-. The van der Waals surface area contributed by atoms with Crippen molar-refractivity contribution in [3.8, 4) is 5.75 Å². The smallest absolute Gasteiger partial charge is 0.258 e. The Morgan fingerprint density at radius 3 is 2.60 bits per heavy atom. The van der Waals surface area contributed by atoms with Crippen molar-refractivity contribution >= 4 is 62.4 Å². The zero-order valence-electron chi connectivity index (χ0n) is 16.2. The van der Waals surface area contributed by atoms with E-state index in [-0.39, 0.29) is 5.91 Å².